The molecule has 25 heavy (non-hydrogen) atoms. The summed E-state index contributed by atoms with van der Waals surface area (Å²) >= 11 is 0. The number of hydrogen-bond acceptors (Lipinski definition) is 4. The van der Waals surface area contributed by atoms with Gasteiger partial charge in [-0.1, -0.05) is 0 Å². The molecule has 0 aromatic heterocycles. The molecule has 0 radical (unpaired) electrons. The minimum Gasteiger partial charge on any atom is -0.466 e. The third kappa shape index (κ3) is 6.84. The largest absolute Gasteiger partial charge is 0.466 e. The first-order valence-electron chi connectivity index (χ1n) is 10.2. The number of nitrogens with one attached hydrogen (secondary N) is 1. The molecule has 1 unspecified atom stereocenters. The van der Waals surface area contributed by atoms with E-state index in [4.69, 9.17) is 9.73 Å². The number of ether oxygens (including phenoxy) is 1. The molecule has 2 heterocycles. The van der Waals surface area contributed by atoms with E-state index in [0.29, 0.717) is 6.61 Å². The lowest BCUT2D eigenvalue weighted by Crippen LogP contribution is -2.48. The lowest BCUT2D eigenvalue weighted by Gasteiger charge is -2.34. The summed E-state index contributed by atoms with van der Waals surface area (Å²) in [6.07, 6.45) is 7.00. The third-order valence-corrected chi connectivity index (χ3v) is 5.02. The van der Waals surface area contributed by atoms with E-state index in [1.807, 2.05) is 6.92 Å². The van der Waals surface area contributed by atoms with Crippen LogP contribution in [-0.4, -0.2) is 74.1 Å². The van der Waals surface area contributed by atoms with Crippen LogP contribution in [0, 0.1) is 5.92 Å². The fourth-order valence-electron chi connectivity index (χ4n) is 3.69. The summed E-state index contributed by atoms with van der Waals surface area (Å²) in [5.74, 6) is 0.874. The Kier molecular flexibility index (Phi) is 9.08. The molecule has 144 valence electrons. The Morgan fingerprint density at radius 2 is 1.96 bits per heavy atom. The minimum atomic E-state index is -0.0614. The van der Waals surface area contributed by atoms with Crippen molar-refractivity contribution in [2.75, 3.05) is 52.4 Å². The zero-order valence-electron chi connectivity index (χ0n) is 16.1. The third-order valence-electron chi connectivity index (χ3n) is 5.02. The van der Waals surface area contributed by atoms with Crippen LogP contribution >= 0.6 is 0 Å². The van der Waals surface area contributed by atoms with Crippen LogP contribution in [0.2, 0.25) is 0 Å². The van der Waals surface area contributed by atoms with Crippen LogP contribution < -0.4 is 5.32 Å². The second-order valence-corrected chi connectivity index (χ2v) is 7.03. The van der Waals surface area contributed by atoms with Crippen LogP contribution in [-0.2, 0) is 9.53 Å². The van der Waals surface area contributed by atoms with Crippen LogP contribution in [0.4, 0.5) is 0 Å². The zero-order valence-corrected chi connectivity index (χ0v) is 16.1. The molecule has 1 atom stereocenters. The van der Waals surface area contributed by atoms with E-state index >= 15 is 0 Å². The molecule has 0 saturated carbocycles. The van der Waals surface area contributed by atoms with Crippen molar-refractivity contribution in [3.63, 3.8) is 0 Å². The Hall–Kier alpha value is -1.30. The van der Waals surface area contributed by atoms with E-state index in [1.54, 1.807) is 0 Å². The highest BCUT2D eigenvalue weighted by atomic mass is 16.5. The van der Waals surface area contributed by atoms with Gasteiger partial charge in [0.25, 0.3) is 0 Å². The van der Waals surface area contributed by atoms with E-state index in [1.165, 1.54) is 38.9 Å². The van der Waals surface area contributed by atoms with Crippen molar-refractivity contribution in [1.29, 1.82) is 0 Å². The van der Waals surface area contributed by atoms with Crippen molar-refractivity contribution < 1.29 is 9.53 Å². The van der Waals surface area contributed by atoms with Gasteiger partial charge in [-0.15, -0.1) is 0 Å². The topological polar surface area (TPSA) is 57.2 Å². The molecular weight excluding hydrogens is 316 g/mol. The summed E-state index contributed by atoms with van der Waals surface area (Å²) < 4.78 is 5.20. The minimum absolute atomic E-state index is 0.0206. The van der Waals surface area contributed by atoms with Crippen molar-refractivity contribution in [2.24, 2.45) is 10.9 Å². The first kappa shape index (κ1) is 20.0. The predicted octanol–water partition coefficient (Wildman–Crippen LogP) is 2.10. The normalized spacial score (nSPS) is 22.2. The quantitative estimate of drug-likeness (QED) is 0.314. The molecule has 2 aliphatic rings. The number of aliphatic imine (C=N–C) groups is 1. The summed E-state index contributed by atoms with van der Waals surface area (Å²) in [5.41, 5.74) is 0. The summed E-state index contributed by atoms with van der Waals surface area (Å²) in [7, 11) is 0. The summed E-state index contributed by atoms with van der Waals surface area (Å²) in [6.45, 7) is 11.6. The Morgan fingerprint density at radius 1 is 1.16 bits per heavy atom. The van der Waals surface area contributed by atoms with E-state index in [2.05, 4.69) is 22.0 Å². The highest BCUT2D eigenvalue weighted by molar-refractivity contribution is 5.81. The maximum Gasteiger partial charge on any atom is 0.310 e. The number of rotatable bonds is 8. The number of guanidine groups is 1. The molecule has 0 spiro atoms. The monoisotopic (exact) mass is 352 g/mol. The lowest BCUT2D eigenvalue weighted by atomic mass is 9.98. The fourth-order valence-corrected chi connectivity index (χ4v) is 3.69. The summed E-state index contributed by atoms with van der Waals surface area (Å²) in [4.78, 5) is 21.6. The smallest absolute Gasteiger partial charge is 0.310 e. The summed E-state index contributed by atoms with van der Waals surface area (Å²) in [6, 6.07) is 0. The van der Waals surface area contributed by atoms with Gasteiger partial charge in [0.2, 0.25) is 0 Å². The van der Waals surface area contributed by atoms with Crippen molar-refractivity contribution in [2.45, 2.75) is 52.4 Å². The molecule has 1 N–H and O–H groups in total. The second-order valence-electron chi connectivity index (χ2n) is 7.03. The number of hydrogen-bond donors (Lipinski definition) is 1. The van der Waals surface area contributed by atoms with Crippen molar-refractivity contribution in [3.8, 4) is 0 Å². The Balaban J connectivity index is 1.77. The number of unbranched alkanes of at least 4 members (excludes halogenated alkanes) is 1. The van der Waals surface area contributed by atoms with Gasteiger partial charge in [0, 0.05) is 26.2 Å². The molecule has 0 bridgehead atoms. The highest BCUT2D eigenvalue weighted by Gasteiger charge is 2.28. The van der Waals surface area contributed by atoms with Gasteiger partial charge in [-0.05, 0) is 72.0 Å². The van der Waals surface area contributed by atoms with Gasteiger partial charge in [0.1, 0.15) is 0 Å². The number of esters is 1. The van der Waals surface area contributed by atoms with Crippen LogP contribution in [0.15, 0.2) is 4.99 Å². The van der Waals surface area contributed by atoms with Gasteiger partial charge in [0.05, 0.1) is 12.5 Å². The number of piperidine rings is 1. The average molecular weight is 353 g/mol. The number of likely N-dealkylation sites (tertiary alicyclic amines) is 2. The Bertz CT molecular complexity index is 422. The highest BCUT2D eigenvalue weighted by Crippen LogP contribution is 2.18. The second kappa shape index (κ2) is 11.3. The van der Waals surface area contributed by atoms with Crippen LogP contribution in [0.1, 0.15) is 52.4 Å². The average Bonchev–Trinajstić information content (AvgIpc) is 3.14. The molecule has 2 saturated heterocycles. The van der Waals surface area contributed by atoms with E-state index in [0.717, 1.165) is 51.4 Å². The SMILES string of the molecule is CCNC(=NCCCCN1CCCC1)N1CCCC(C(=O)OCC)C1. The molecule has 0 aromatic rings. The zero-order chi connectivity index (χ0) is 17.9. The maximum atomic E-state index is 12.0. The van der Waals surface area contributed by atoms with Gasteiger partial charge in [-0.25, -0.2) is 0 Å². The Labute approximate surface area is 153 Å². The molecule has 0 aromatic carbocycles. The van der Waals surface area contributed by atoms with E-state index < -0.39 is 0 Å². The van der Waals surface area contributed by atoms with Gasteiger partial charge in [-0.3, -0.25) is 9.79 Å². The molecule has 0 aliphatic carbocycles. The number of nitrogens with zero attached hydrogens (tertiary/aromatic N) is 3. The van der Waals surface area contributed by atoms with Gasteiger partial charge >= 0.3 is 5.97 Å². The lowest BCUT2D eigenvalue weighted by molar-refractivity contribution is -0.149. The molecule has 2 aliphatic heterocycles. The van der Waals surface area contributed by atoms with Crippen molar-refractivity contribution in [3.05, 3.63) is 0 Å². The maximum absolute atomic E-state index is 12.0. The fraction of sp³-hybridized carbons (Fsp3) is 0.895. The van der Waals surface area contributed by atoms with Gasteiger partial charge in [-0.2, -0.15) is 0 Å². The van der Waals surface area contributed by atoms with Crippen LogP contribution in [0.25, 0.3) is 0 Å². The van der Waals surface area contributed by atoms with Crippen molar-refractivity contribution in [1.82, 2.24) is 15.1 Å². The van der Waals surface area contributed by atoms with Crippen LogP contribution in [0.5, 0.6) is 0 Å². The molecule has 0 amide bonds. The molecular formula is C19H36N4O2. The first-order valence-corrected chi connectivity index (χ1v) is 10.2. The Morgan fingerprint density at radius 3 is 2.68 bits per heavy atom. The summed E-state index contributed by atoms with van der Waals surface area (Å²) in [5, 5.41) is 3.39. The molecule has 6 heteroatoms. The molecule has 2 fully saturated rings. The van der Waals surface area contributed by atoms with E-state index in [9.17, 15) is 4.79 Å². The van der Waals surface area contributed by atoms with Gasteiger partial charge in [0.15, 0.2) is 5.96 Å². The standard InChI is InChI=1S/C19H36N4O2/c1-3-20-19(21-11-5-6-12-22-13-7-8-14-22)23-15-9-10-17(16-23)18(24)25-4-2/h17H,3-16H2,1-2H3,(H,20,21). The number of carbonyl (C=O) groups is 1. The predicted molar refractivity (Wildman–Crippen MR) is 102 cm³/mol. The van der Waals surface area contributed by atoms with E-state index in [-0.39, 0.29) is 11.9 Å². The molecule has 6 nitrogen and oxygen atoms in total. The molecule has 2 rings (SSSR count). The first-order chi connectivity index (χ1) is 12.2. The van der Waals surface area contributed by atoms with Gasteiger partial charge < -0.3 is 19.9 Å². The van der Waals surface area contributed by atoms with Crippen molar-refractivity contribution >= 4 is 11.9 Å². The number of carbonyl (C=O) groups excluding carboxylic acids is 1. The van der Waals surface area contributed by atoms with Crippen LogP contribution in [0.3, 0.4) is 0 Å².